The molecule has 1 heterocycles. The van der Waals surface area contributed by atoms with E-state index in [1.807, 2.05) is 6.92 Å². The quantitative estimate of drug-likeness (QED) is 0.511. The van der Waals surface area contributed by atoms with Gasteiger partial charge in [-0.3, -0.25) is 10.2 Å². The van der Waals surface area contributed by atoms with Crippen LogP contribution in [-0.2, 0) is 9.59 Å². The molecule has 8 nitrogen and oxygen atoms in total. The summed E-state index contributed by atoms with van der Waals surface area (Å²) in [6, 6.07) is 7.88. The zero-order valence-electron chi connectivity index (χ0n) is 16.8. The molecule has 1 aromatic rings. The van der Waals surface area contributed by atoms with Crippen molar-refractivity contribution in [3.63, 3.8) is 0 Å². The van der Waals surface area contributed by atoms with Gasteiger partial charge in [-0.25, -0.2) is 4.79 Å². The number of nitriles is 1. The fourth-order valence-electron chi connectivity index (χ4n) is 3.97. The molecular formula is C21H21ClN4O4S. The van der Waals surface area contributed by atoms with Crippen LogP contribution in [0.4, 0.5) is 5.69 Å². The SMILES string of the molecule is CC(=O)N[C@@H](CS[C@H]1CC(O)=CC2=C(C#N)C(=N)N(c3cccc(Cl)c3)[C@]21C)C(=O)O. The lowest BCUT2D eigenvalue weighted by Gasteiger charge is -2.45. The second-order valence-corrected chi connectivity index (χ2v) is 9.14. The van der Waals surface area contributed by atoms with Crippen LogP contribution in [0.15, 0.2) is 47.2 Å². The van der Waals surface area contributed by atoms with Gasteiger partial charge in [0.2, 0.25) is 5.91 Å². The van der Waals surface area contributed by atoms with Gasteiger partial charge in [-0.1, -0.05) is 17.7 Å². The molecule has 3 rings (SSSR count). The molecule has 0 unspecified atom stereocenters. The summed E-state index contributed by atoms with van der Waals surface area (Å²) < 4.78 is 0. The number of rotatable bonds is 6. The molecule has 1 aliphatic heterocycles. The largest absolute Gasteiger partial charge is 0.512 e. The number of amides is 1. The van der Waals surface area contributed by atoms with Crippen LogP contribution in [0, 0.1) is 16.7 Å². The Morgan fingerprint density at radius 1 is 1.52 bits per heavy atom. The highest BCUT2D eigenvalue weighted by atomic mass is 35.5. The Labute approximate surface area is 188 Å². The first-order valence-electron chi connectivity index (χ1n) is 9.40. The molecule has 0 saturated carbocycles. The molecule has 0 saturated heterocycles. The van der Waals surface area contributed by atoms with Crippen molar-refractivity contribution in [3.05, 3.63) is 52.3 Å². The minimum Gasteiger partial charge on any atom is -0.512 e. The van der Waals surface area contributed by atoms with Crippen molar-refractivity contribution in [2.24, 2.45) is 0 Å². The number of carbonyl (C=O) groups excluding carboxylic acids is 1. The number of nitrogens with one attached hydrogen (secondary N) is 2. The van der Waals surface area contributed by atoms with E-state index in [4.69, 9.17) is 17.0 Å². The number of nitrogens with zero attached hydrogens (tertiary/aromatic N) is 2. The van der Waals surface area contributed by atoms with E-state index in [9.17, 15) is 25.1 Å². The van der Waals surface area contributed by atoms with Crippen LogP contribution in [0.2, 0.25) is 5.02 Å². The summed E-state index contributed by atoms with van der Waals surface area (Å²) >= 11 is 7.43. The maximum Gasteiger partial charge on any atom is 0.327 e. The van der Waals surface area contributed by atoms with Crippen LogP contribution in [0.3, 0.4) is 0 Å². The summed E-state index contributed by atoms with van der Waals surface area (Å²) in [6.07, 6.45) is 1.72. The lowest BCUT2D eigenvalue weighted by molar-refractivity contribution is -0.140. The standard InChI is InChI=1S/C21H21ClN4O4S/c1-11(27)25-17(20(29)30)10-31-18-8-14(28)7-16-15(9-23)19(24)26(21(16,18)2)13-5-3-4-12(22)6-13/h3-7,17-18,24,28H,8,10H2,1-2H3,(H,25,27)(H,29,30)/t17-,18-,21+/m0/s1. The predicted molar refractivity (Wildman–Crippen MR) is 120 cm³/mol. The zero-order valence-corrected chi connectivity index (χ0v) is 18.4. The minimum atomic E-state index is -1.16. The van der Waals surface area contributed by atoms with E-state index in [2.05, 4.69) is 11.4 Å². The summed E-state index contributed by atoms with van der Waals surface area (Å²) in [6.45, 7) is 3.10. The van der Waals surface area contributed by atoms with E-state index >= 15 is 0 Å². The molecule has 3 atom stereocenters. The van der Waals surface area contributed by atoms with Gasteiger partial charge in [0.25, 0.3) is 0 Å². The van der Waals surface area contributed by atoms with E-state index in [1.165, 1.54) is 24.8 Å². The normalized spacial score (nSPS) is 23.7. The molecule has 4 N–H and O–H groups in total. The van der Waals surface area contributed by atoms with E-state index in [0.717, 1.165) is 0 Å². The highest BCUT2D eigenvalue weighted by Crippen LogP contribution is 2.50. The Morgan fingerprint density at radius 3 is 2.81 bits per heavy atom. The molecule has 10 heteroatoms. The van der Waals surface area contributed by atoms with Gasteiger partial charge >= 0.3 is 5.97 Å². The molecule has 31 heavy (non-hydrogen) atoms. The highest BCUT2D eigenvalue weighted by Gasteiger charge is 2.53. The number of thioether (sulfide) groups is 1. The van der Waals surface area contributed by atoms with Crippen molar-refractivity contribution in [2.75, 3.05) is 10.7 Å². The highest BCUT2D eigenvalue weighted by molar-refractivity contribution is 8.00. The van der Waals surface area contributed by atoms with Crippen LogP contribution in [-0.4, -0.2) is 50.5 Å². The summed E-state index contributed by atoms with van der Waals surface area (Å²) in [5.41, 5.74) is 0.326. The fraction of sp³-hybridized carbons (Fsp3) is 0.333. The summed E-state index contributed by atoms with van der Waals surface area (Å²) in [5, 5.41) is 40.7. The number of fused-ring (bicyclic) bond motifs is 1. The molecule has 0 fully saturated rings. The number of carbonyl (C=O) groups is 2. The molecule has 0 bridgehead atoms. The first-order valence-corrected chi connectivity index (χ1v) is 10.8. The first-order chi connectivity index (χ1) is 14.6. The third-order valence-corrected chi connectivity index (χ3v) is 7.18. The summed E-state index contributed by atoms with van der Waals surface area (Å²) in [7, 11) is 0. The Balaban J connectivity index is 2.04. The zero-order chi connectivity index (χ0) is 22.9. The number of carboxylic acid groups (broad SMARTS) is 1. The number of hydrogen-bond donors (Lipinski definition) is 4. The molecule has 0 spiro atoms. The number of benzene rings is 1. The number of aliphatic carboxylic acids is 1. The average Bonchev–Trinajstić information content (AvgIpc) is 2.90. The van der Waals surface area contributed by atoms with Gasteiger partial charge < -0.3 is 20.4 Å². The van der Waals surface area contributed by atoms with Crippen molar-refractivity contribution >= 4 is 46.8 Å². The van der Waals surface area contributed by atoms with Gasteiger partial charge in [0.15, 0.2) is 0 Å². The fourth-order valence-corrected chi connectivity index (χ4v) is 5.66. The predicted octanol–water partition coefficient (Wildman–Crippen LogP) is 3.25. The van der Waals surface area contributed by atoms with Gasteiger partial charge in [-0.05, 0) is 31.2 Å². The Morgan fingerprint density at radius 2 is 2.23 bits per heavy atom. The van der Waals surface area contributed by atoms with Gasteiger partial charge in [-0.2, -0.15) is 17.0 Å². The average molecular weight is 461 g/mol. The van der Waals surface area contributed by atoms with Crippen molar-refractivity contribution in [3.8, 4) is 6.07 Å². The smallest absolute Gasteiger partial charge is 0.327 e. The maximum atomic E-state index is 11.6. The Hall–Kier alpha value is -2.96. The van der Waals surface area contributed by atoms with Gasteiger partial charge in [0.1, 0.15) is 23.5 Å². The number of carboxylic acids is 1. The number of hydrogen-bond acceptors (Lipinski definition) is 6. The molecule has 1 aromatic carbocycles. The lowest BCUT2D eigenvalue weighted by Crippen LogP contribution is -2.55. The Bertz CT molecular complexity index is 1060. The van der Waals surface area contributed by atoms with E-state index in [-0.39, 0.29) is 29.3 Å². The third kappa shape index (κ3) is 4.13. The van der Waals surface area contributed by atoms with Crippen molar-refractivity contribution < 1.29 is 19.8 Å². The van der Waals surface area contributed by atoms with Crippen molar-refractivity contribution in [1.29, 1.82) is 10.7 Å². The number of allylic oxidation sites excluding steroid dienone is 1. The summed E-state index contributed by atoms with van der Waals surface area (Å²) in [4.78, 5) is 24.6. The second kappa shape index (κ2) is 8.65. The first kappa shape index (κ1) is 22.7. The molecule has 0 radical (unpaired) electrons. The Kier molecular flexibility index (Phi) is 6.34. The van der Waals surface area contributed by atoms with Crippen LogP contribution in [0.5, 0.6) is 0 Å². The number of aliphatic hydroxyl groups excluding tert-OH is 1. The molecule has 0 aromatic heterocycles. The molecule has 1 amide bonds. The molecule has 162 valence electrons. The van der Waals surface area contributed by atoms with Crippen LogP contribution in [0.25, 0.3) is 0 Å². The van der Waals surface area contributed by atoms with Crippen molar-refractivity contribution in [2.45, 2.75) is 37.1 Å². The van der Waals surface area contributed by atoms with Crippen LogP contribution >= 0.6 is 23.4 Å². The van der Waals surface area contributed by atoms with E-state index in [0.29, 0.717) is 16.3 Å². The van der Waals surface area contributed by atoms with E-state index in [1.54, 1.807) is 29.2 Å². The topological polar surface area (TPSA) is 138 Å². The summed E-state index contributed by atoms with van der Waals surface area (Å²) in [5.74, 6) is -1.54. The monoisotopic (exact) mass is 460 g/mol. The molecule has 1 aliphatic carbocycles. The minimum absolute atomic E-state index is 0.0181. The number of halogens is 1. The third-order valence-electron chi connectivity index (χ3n) is 5.39. The van der Waals surface area contributed by atoms with Gasteiger partial charge in [-0.15, -0.1) is 0 Å². The van der Waals surface area contributed by atoms with Crippen molar-refractivity contribution in [1.82, 2.24) is 5.32 Å². The lowest BCUT2D eigenvalue weighted by atomic mass is 9.81. The number of anilines is 1. The molecular weight excluding hydrogens is 440 g/mol. The van der Waals surface area contributed by atoms with Gasteiger partial charge in [0, 0.05) is 40.6 Å². The van der Waals surface area contributed by atoms with Crippen LogP contribution in [0.1, 0.15) is 20.3 Å². The second-order valence-electron chi connectivity index (χ2n) is 7.47. The van der Waals surface area contributed by atoms with Gasteiger partial charge in [0.05, 0.1) is 11.3 Å². The molecule has 2 aliphatic rings. The number of amidine groups is 1. The van der Waals surface area contributed by atoms with E-state index < -0.39 is 28.7 Å². The maximum absolute atomic E-state index is 11.6. The van der Waals surface area contributed by atoms with Crippen LogP contribution < -0.4 is 10.2 Å². The number of aliphatic hydroxyl groups is 1.